The Morgan fingerprint density at radius 3 is 2.60 bits per heavy atom. The molecule has 6 rings (SSSR count). The van der Waals surface area contributed by atoms with E-state index in [0.29, 0.717) is 40.2 Å². The Labute approximate surface area is 247 Å². The molecular formula is C32H29N3O6S. The van der Waals surface area contributed by atoms with Gasteiger partial charge in [-0.3, -0.25) is 4.79 Å². The lowest BCUT2D eigenvalue weighted by atomic mass is 9.91. The Bertz CT molecular complexity index is 1600. The molecule has 0 spiro atoms. The standard InChI is InChI=1S/C32H29N3O6S/c1-3-39-31(37)28-29(21-7-5-4-6-8-21)34-32-35(30(28)22-10-12-24(38-2)13-11-22)23(18-42-32)16-27(36)33-17-20-9-14-25-26(15-20)41-19-40-25/h4-15,18,30H,3,16-17,19H2,1-2H3,(H,33,36). The number of aliphatic imine (C=N–C) groups is 1. The van der Waals surface area contributed by atoms with Crippen LogP contribution in [0.2, 0.25) is 0 Å². The lowest BCUT2D eigenvalue weighted by Crippen LogP contribution is -2.38. The van der Waals surface area contributed by atoms with Crippen LogP contribution in [0.15, 0.2) is 94.5 Å². The number of amidine groups is 1. The SMILES string of the molecule is CCOC(=O)C1=C(c2ccccc2)N=C2SC=C(CC(=O)NCc3ccc4c(c3)OCO4)N2C1c1ccc(OC)cc1. The Morgan fingerprint density at radius 1 is 1.05 bits per heavy atom. The third kappa shape index (κ3) is 5.45. The van der Waals surface area contributed by atoms with Crippen molar-refractivity contribution >= 4 is 34.5 Å². The van der Waals surface area contributed by atoms with Crippen molar-refractivity contribution in [1.82, 2.24) is 10.2 Å². The Kier molecular flexibility index (Phi) is 7.87. The van der Waals surface area contributed by atoms with Crippen LogP contribution in [0.1, 0.15) is 36.1 Å². The normalized spacial score (nSPS) is 16.9. The molecule has 10 heteroatoms. The summed E-state index contributed by atoms with van der Waals surface area (Å²) in [6, 6.07) is 22.2. The van der Waals surface area contributed by atoms with Crippen molar-refractivity contribution in [2.24, 2.45) is 4.99 Å². The summed E-state index contributed by atoms with van der Waals surface area (Å²) in [6.45, 7) is 2.53. The van der Waals surface area contributed by atoms with Gasteiger partial charge < -0.3 is 29.2 Å². The molecule has 214 valence electrons. The second kappa shape index (κ2) is 12.0. The molecule has 1 atom stereocenters. The third-order valence-electron chi connectivity index (χ3n) is 7.05. The molecule has 3 aliphatic heterocycles. The number of nitrogens with one attached hydrogen (secondary N) is 1. The molecule has 1 N–H and O–H groups in total. The molecule has 0 aromatic heterocycles. The maximum atomic E-state index is 13.6. The summed E-state index contributed by atoms with van der Waals surface area (Å²) >= 11 is 1.43. The van der Waals surface area contributed by atoms with Gasteiger partial charge in [-0.15, -0.1) is 0 Å². The summed E-state index contributed by atoms with van der Waals surface area (Å²) in [5.41, 5.74) is 4.24. The minimum Gasteiger partial charge on any atom is -0.497 e. The molecule has 3 aromatic carbocycles. The molecule has 0 saturated carbocycles. The van der Waals surface area contributed by atoms with Crippen molar-refractivity contribution in [3.63, 3.8) is 0 Å². The van der Waals surface area contributed by atoms with Gasteiger partial charge in [-0.2, -0.15) is 0 Å². The monoisotopic (exact) mass is 583 g/mol. The van der Waals surface area contributed by atoms with Crippen LogP contribution in [0, 0.1) is 0 Å². The van der Waals surface area contributed by atoms with E-state index in [4.69, 9.17) is 23.9 Å². The van der Waals surface area contributed by atoms with E-state index in [0.717, 1.165) is 22.4 Å². The van der Waals surface area contributed by atoms with E-state index in [1.807, 2.05) is 83.1 Å². The number of carbonyl (C=O) groups is 2. The molecule has 0 radical (unpaired) electrons. The van der Waals surface area contributed by atoms with E-state index in [1.165, 1.54) is 11.8 Å². The second-order valence-corrected chi connectivity index (χ2v) is 10.5. The Morgan fingerprint density at radius 2 is 1.83 bits per heavy atom. The van der Waals surface area contributed by atoms with E-state index in [1.54, 1.807) is 14.0 Å². The maximum Gasteiger partial charge on any atom is 0.338 e. The predicted molar refractivity (Wildman–Crippen MR) is 160 cm³/mol. The smallest absolute Gasteiger partial charge is 0.338 e. The fourth-order valence-corrected chi connectivity index (χ4v) is 5.99. The summed E-state index contributed by atoms with van der Waals surface area (Å²) in [5.74, 6) is 1.44. The Balaban J connectivity index is 1.32. The first kappa shape index (κ1) is 27.5. The number of fused-ring (bicyclic) bond motifs is 2. The van der Waals surface area contributed by atoms with E-state index in [9.17, 15) is 9.59 Å². The van der Waals surface area contributed by atoms with Gasteiger partial charge in [-0.05, 0) is 47.7 Å². The van der Waals surface area contributed by atoms with Gasteiger partial charge in [-0.25, -0.2) is 9.79 Å². The number of rotatable bonds is 9. The molecule has 3 aliphatic rings. The first-order chi connectivity index (χ1) is 20.6. The zero-order valence-corrected chi connectivity index (χ0v) is 24.0. The van der Waals surface area contributed by atoms with Crippen LogP contribution < -0.4 is 19.5 Å². The van der Waals surface area contributed by atoms with Gasteiger partial charge in [0.1, 0.15) is 5.75 Å². The molecule has 0 fully saturated rings. The first-order valence-electron chi connectivity index (χ1n) is 13.5. The molecule has 1 amide bonds. The van der Waals surface area contributed by atoms with Crippen molar-refractivity contribution in [3.8, 4) is 17.2 Å². The van der Waals surface area contributed by atoms with Gasteiger partial charge in [0.15, 0.2) is 16.7 Å². The van der Waals surface area contributed by atoms with Crippen molar-refractivity contribution in [2.75, 3.05) is 20.5 Å². The van der Waals surface area contributed by atoms with Gasteiger partial charge in [0.25, 0.3) is 0 Å². The van der Waals surface area contributed by atoms with E-state index in [2.05, 4.69) is 5.32 Å². The summed E-state index contributed by atoms with van der Waals surface area (Å²) in [4.78, 5) is 33.7. The maximum absolute atomic E-state index is 13.6. The fraction of sp³-hybridized carbons (Fsp3) is 0.219. The predicted octanol–water partition coefficient (Wildman–Crippen LogP) is 5.41. The van der Waals surface area contributed by atoms with Gasteiger partial charge in [0.2, 0.25) is 12.7 Å². The van der Waals surface area contributed by atoms with Crippen LogP contribution >= 0.6 is 11.8 Å². The molecule has 3 heterocycles. The quantitative estimate of drug-likeness (QED) is 0.334. The van der Waals surface area contributed by atoms with Crippen LogP contribution in [0.4, 0.5) is 0 Å². The minimum atomic E-state index is -0.569. The number of carbonyl (C=O) groups excluding carboxylic acids is 2. The molecule has 9 nitrogen and oxygen atoms in total. The largest absolute Gasteiger partial charge is 0.497 e. The second-order valence-electron chi connectivity index (χ2n) is 9.66. The van der Waals surface area contributed by atoms with Crippen molar-refractivity contribution in [2.45, 2.75) is 25.9 Å². The molecule has 0 saturated heterocycles. The molecule has 1 unspecified atom stereocenters. The number of methoxy groups -OCH3 is 1. The number of hydrogen-bond donors (Lipinski definition) is 1. The highest BCUT2D eigenvalue weighted by Gasteiger charge is 2.42. The third-order valence-corrected chi connectivity index (χ3v) is 7.94. The van der Waals surface area contributed by atoms with Crippen LogP contribution in [-0.2, 0) is 20.9 Å². The van der Waals surface area contributed by atoms with E-state index < -0.39 is 12.0 Å². The summed E-state index contributed by atoms with van der Waals surface area (Å²) in [5, 5.41) is 5.60. The lowest BCUT2D eigenvalue weighted by Gasteiger charge is -2.36. The number of thioether (sulfide) groups is 1. The van der Waals surface area contributed by atoms with Gasteiger partial charge in [-0.1, -0.05) is 60.3 Å². The summed E-state index contributed by atoms with van der Waals surface area (Å²) in [6.07, 6.45) is 0.0972. The van der Waals surface area contributed by atoms with Crippen LogP contribution in [0.3, 0.4) is 0 Å². The molecule has 0 bridgehead atoms. The van der Waals surface area contributed by atoms with E-state index in [-0.39, 0.29) is 25.7 Å². The fourth-order valence-electron chi connectivity index (χ4n) is 5.07. The molecular weight excluding hydrogens is 554 g/mol. The van der Waals surface area contributed by atoms with Crippen LogP contribution in [-0.4, -0.2) is 42.5 Å². The van der Waals surface area contributed by atoms with Gasteiger partial charge in [0.05, 0.1) is 37.4 Å². The number of esters is 1. The average Bonchev–Trinajstić information content (AvgIpc) is 3.66. The van der Waals surface area contributed by atoms with Gasteiger partial charge >= 0.3 is 5.97 Å². The molecule has 42 heavy (non-hydrogen) atoms. The number of benzene rings is 3. The van der Waals surface area contributed by atoms with Crippen molar-refractivity contribution in [1.29, 1.82) is 0 Å². The highest BCUT2D eigenvalue weighted by Crippen LogP contribution is 2.47. The summed E-state index contributed by atoms with van der Waals surface area (Å²) in [7, 11) is 1.61. The number of hydrogen-bond acceptors (Lipinski definition) is 9. The van der Waals surface area contributed by atoms with Crippen LogP contribution in [0.5, 0.6) is 17.2 Å². The minimum absolute atomic E-state index is 0.0972. The number of nitrogens with zero attached hydrogens (tertiary/aromatic N) is 2. The van der Waals surface area contributed by atoms with E-state index >= 15 is 0 Å². The molecule has 3 aromatic rings. The average molecular weight is 584 g/mol. The highest BCUT2D eigenvalue weighted by molar-refractivity contribution is 8.16. The first-order valence-corrected chi connectivity index (χ1v) is 14.4. The number of ether oxygens (including phenoxy) is 4. The van der Waals surface area contributed by atoms with Crippen molar-refractivity contribution < 1.29 is 28.5 Å². The Hall–Kier alpha value is -4.70. The zero-order chi connectivity index (χ0) is 29.1. The lowest BCUT2D eigenvalue weighted by molar-refractivity contribution is -0.139. The summed E-state index contributed by atoms with van der Waals surface area (Å²) < 4.78 is 21.8. The van der Waals surface area contributed by atoms with Crippen LogP contribution in [0.25, 0.3) is 5.70 Å². The topological polar surface area (TPSA) is 98.7 Å². The van der Waals surface area contributed by atoms with Crippen molar-refractivity contribution in [3.05, 3.63) is 106 Å². The zero-order valence-electron chi connectivity index (χ0n) is 23.2. The highest BCUT2D eigenvalue weighted by atomic mass is 32.2. The van der Waals surface area contributed by atoms with Gasteiger partial charge in [0, 0.05) is 17.8 Å². The molecule has 0 aliphatic carbocycles. The number of amides is 1.